The molecule has 1 aliphatic rings. The molecule has 9 heteroatoms. The van der Waals surface area contributed by atoms with E-state index in [1.54, 1.807) is 12.1 Å². The van der Waals surface area contributed by atoms with E-state index in [4.69, 9.17) is 0 Å². The highest BCUT2D eigenvalue weighted by Gasteiger charge is 2.34. The fourth-order valence-electron chi connectivity index (χ4n) is 3.47. The molecule has 1 saturated heterocycles. The molecule has 1 fully saturated rings. The molecule has 1 aromatic carbocycles. The molecule has 1 aliphatic heterocycles. The van der Waals surface area contributed by atoms with Gasteiger partial charge < -0.3 is 4.90 Å². The molecular weight excluding hydrogens is 404 g/mol. The van der Waals surface area contributed by atoms with Gasteiger partial charge in [0.1, 0.15) is 5.00 Å². The van der Waals surface area contributed by atoms with Gasteiger partial charge in [0.15, 0.2) is 5.03 Å². The number of aryl methyl sites for hydroxylation is 1. The van der Waals surface area contributed by atoms with Gasteiger partial charge in [-0.2, -0.15) is 0 Å². The number of nitrogens with zero attached hydrogens (tertiary/aromatic N) is 2. The van der Waals surface area contributed by atoms with Crippen LogP contribution in [0.15, 0.2) is 38.5 Å². The maximum Gasteiger partial charge on any atom is 0.226 e. The van der Waals surface area contributed by atoms with Crippen LogP contribution >= 0.6 is 11.3 Å². The summed E-state index contributed by atoms with van der Waals surface area (Å²) in [5, 5.41) is 0.271. The third-order valence-electron chi connectivity index (χ3n) is 4.62. The molecule has 0 unspecified atom stereocenters. The molecule has 0 spiro atoms. The van der Waals surface area contributed by atoms with Crippen LogP contribution in [0.2, 0.25) is 0 Å². The fourth-order valence-corrected chi connectivity index (χ4v) is 7.14. The number of thiazole rings is 1. The molecule has 148 valence electrons. The Hall–Kier alpha value is -1.45. The van der Waals surface area contributed by atoms with Gasteiger partial charge in [-0.1, -0.05) is 42.9 Å². The van der Waals surface area contributed by atoms with Crippen LogP contribution in [-0.4, -0.2) is 41.2 Å². The van der Waals surface area contributed by atoms with Crippen molar-refractivity contribution < 1.29 is 16.8 Å². The van der Waals surface area contributed by atoms with Gasteiger partial charge in [0.05, 0.1) is 4.90 Å². The summed E-state index contributed by atoms with van der Waals surface area (Å²) in [7, 11) is -7.52. The highest BCUT2D eigenvalue weighted by molar-refractivity contribution is 7.93. The van der Waals surface area contributed by atoms with Crippen molar-refractivity contribution in [3.8, 4) is 0 Å². The lowest BCUT2D eigenvalue weighted by Crippen LogP contribution is -2.38. The highest BCUT2D eigenvalue weighted by atomic mass is 32.2. The van der Waals surface area contributed by atoms with E-state index in [9.17, 15) is 16.8 Å². The van der Waals surface area contributed by atoms with E-state index in [1.807, 2.05) is 11.8 Å². The minimum atomic E-state index is -3.92. The first-order chi connectivity index (χ1) is 12.5. The number of sulfone groups is 2. The molecule has 6 nitrogen and oxygen atoms in total. The number of aromatic nitrogens is 1. The first-order valence-corrected chi connectivity index (χ1v) is 12.9. The Labute approximate surface area is 165 Å². The van der Waals surface area contributed by atoms with E-state index in [0.717, 1.165) is 29.6 Å². The standard InChI is InChI=1S/C18H24N2O4S3/c1-12-5-7-15(8-6-12)27(23,24)16-17(25-18(19-16)26(4,21)22)20-10-13(2)9-14(3)11-20/h5-8,13-14H,9-11H2,1-4H3/t13-,14-/m1/s1. The molecule has 0 N–H and O–H groups in total. The monoisotopic (exact) mass is 428 g/mol. The lowest BCUT2D eigenvalue weighted by molar-refractivity contribution is 0.357. The van der Waals surface area contributed by atoms with Crippen molar-refractivity contribution in [2.75, 3.05) is 24.2 Å². The van der Waals surface area contributed by atoms with Crippen molar-refractivity contribution in [1.82, 2.24) is 4.98 Å². The average Bonchev–Trinajstić information content (AvgIpc) is 3.00. The fraction of sp³-hybridized carbons (Fsp3) is 0.500. The zero-order chi connectivity index (χ0) is 20.0. The van der Waals surface area contributed by atoms with Crippen molar-refractivity contribution in [2.45, 2.75) is 41.5 Å². The third-order valence-corrected chi connectivity index (χ3v) is 9.23. The smallest absolute Gasteiger partial charge is 0.226 e. The lowest BCUT2D eigenvalue weighted by atomic mass is 9.92. The molecular formula is C18H24N2O4S3. The number of rotatable bonds is 4. The summed E-state index contributed by atoms with van der Waals surface area (Å²) in [6, 6.07) is 6.52. The van der Waals surface area contributed by atoms with Crippen LogP contribution in [0.1, 0.15) is 25.8 Å². The van der Waals surface area contributed by atoms with Gasteiger partial charge in [-0.25, -0.2) is 21.8 Å². The summed E-state index contributed by atoms with van der Waals surface area (Å²) in [6.45, 7) is 7.49. The maximum absolute atomic E-state index is 13.2. The Kier molecular flexibility index (Phi) is 5.39. The lowest BCUT2D eigenvalue weighted by Gasteiger charge is -2.35. The number of anilines is 1. The van der Waals surface area contributed by atoms with E-state index in [-0.39, 0.29) is 14.3 Å². The summed E-state index contributed by atoms with van der Waals surface area (Å²) >= 11 is 0.949. The van der Waals surface area contributed by atoms with Crippen molar-refractivity contribution in [3.05, 3.63) is 29.8 Å². The minimum absolute atomic E-state index is 0.123. The van der Waals surface area contributed by atoms with Gasteiger partial charge in [0.2, 0.25) is 24.0 Å². The van der Waals surface area contributed by atoms with Crippen LogP contribution in [0.25, 0.3) is 0 Å². The predicted molar refractivity (Wildman–Crippen MR) is 107 cm³/mol. The molecule has 27 heavy (non-hydrogen) atoms. The summed E-state index contributed by atoms with van der Waals surface area (Å²) < 4.78 is 50.4. The van der Waals surface area contributed by atoms with Gasteiger partial charge in [-0.15, -0.1) is 0 Å². The molecule has 3 rings (SSSR count). The summed E-state index contributed by atoms with van der Waals surface area (Å²) in [4.78, 5) is 6.18. The Morgan fingerprint density at radius 1 is 1.04 bits per heavy atom. The van der Waals surface area contributed by atoms with E-state index in [2.05, 4.69) is 18.8 Å². The predicted octanol–water partition coefficient (Wildman–Crippen LogP) is 3.17. The second kappa shape index (κ2) is 7.18. The molecule has 0 aliphatic carbocycles. The highest BCUT2D eigenvalue weighted by Crippen LogP contribution is 2.39. The van der Waals surface area contributed by atoms with E-state index in [1.165, 1.54) is 12.1 Å². The molecule has 1 aromatic heterocycles. The molecule has 0 amide bonds. The zero-order valence-corrected chi connectivity index (χ0v) is 18.3. The summed E-state index contributed by atoms with van der Waals surface area (Å²) in [6.07, 6.45) is 2.12. The SMILES string of the molecule is Cc1ccc(S(=O)(=O)c2nc(S(C)(=O)=O)sc2N2C[C@H](C)C[C@@H](C)C2)cc1. The molecule has 2 atom stereocenters. The quantitative estimate of drug-likeness (QED) is 0.744. The van der Waals surface area contributed by atoms with Gasteiger partial charge in [-0.3, -0.25) is 0 Å². The van der Waals surface area contributed by atoms with E-state index in [0.29, 0.717) is 29.9 Å². The first kappa shape index (κ1) is 20.3. The normalized spacial score (nSPS) is 21.4. The molecule has 2 aromatic rings. The Bertz CT molecular complexity index is 1030. The van der Waals surface area contributed by atoms with Crippen LogP contribution < -0.4 is 4.90 Å². The van der Waals surface area contributed by atoms with Gasteiger partial charge in [0.25, 0.3) is 0 Å². The van der Waals surface area contributed by atoms with Gasteiger partial charge >= 0.3 is 0 Å². The molecule has 0 saturated carbocycles. The Morgan fingerprint density at radius 3 is 2.11 bits per heavy atom. The number of hydrogen-bond donors (Lipinski definition) is 0. The molecule has 0 bridgehead atoms. The molecule has 2 heterocycles. The second-order valence-corrected chi connectivity index (χ2v) is 12.6. The van der Waals surface area contributed by atoms with Crippen molar-refractivity contribution in [3.63, 3.8) is 0 Å². The topological polar surface area (TPSA) is 84.4 Å². The van der Waals surface area contributed by atoms with Crippen molar-refractivity contribution >= 4 is 36.0 Å². The van der Waals surface area contributed by atoms with Crippen molar-refractivity contribution in [1.29, 1.82) is 0 Å². The number of piperidine rings is 1. The van der Waals surface area contributed by atoms with E-state index < -0.39 is 19.7 Å². The summed E-state index contributed by atoms with van der Waals surface area (Å²) in [5.41, 5.74) is 0.947. The van der Waals surface area contributed by atoms with Crippen LogP contribution in [0, 0.1) is 18.8 Å². The van der Waals surface area contributed by atoms with Gasteiger partial charge in [0, 0.05) is 19.3 Å². The zero-order valence-electron chi connectivity index (χ0n) is 15.8. The van der Waals surface area contributed by atoms with E-state index >= 15 is 0 Å². The minimum Gasteiger partial charge on any atom is -0.360 e. The number of hydrogen-bond acceptors (Lipinski definition) is 7. The number of benzene rings is 1. The Morgan fingerprint density at radius 2 is 1.59 bits per heavy atom. The van der Waals surface area contributed by atoms with Crippen molar-refractivity contribution in [2.24, 2.45) is 11.8 Å². The van der Waals surface area contributed by atoms with Gasteiger partial charge in [-0.05, 0) is 37.3 Å². The summed E-state index contributed by atoms with van der Waals surface area (Å²) in [5.74, 6) is 0.792. The first-order valence-electron chi connectivity index (χ1n) is 8.76. The molecule has 0 radical (unpaired) electrons. The average molecular weight is 429 g/mol. The Balaban J connectivity index is 2.16. The van der Waals surface area contributed by atoms with Crippen LogP contribution in [0.3, 0.4) is 0 Å². The third kappa shape index (κ3) is 4.20. The maximum atomic E-state index is 13.2. The van der Waals surface area contributed by atoms with Crippen LogP contribution in [-0.2, 0) is 19.7 Å². The largest absolute Gasteiger partial charge is 0.360 e. The van der Waals surface area contributed by atoms with Crippen LogP contribution in [0.4, 0.5) is 5.00 Å². The van der Waals surface area contributed by atoms with Crippen LogP contribution in [0.5, 0.6) is 0 Å². The second-order valence-electron chi connectivity index (χ2n) is 7.53.